The minimum absolute atomic E-state index is 0.0393. The molecular weight excluding hydrogens is 232 g/mol. The van der Waals surface area contributed by atoms with E-state index >= 15 is 0 Å². The van der Waals surface area contributed by atoms with Gasteiger partial charge in [0.2, 0.25) is 0 Å². The van der Waals surface area contributed by atoms with Crippen molar-refractivity contribution in [2.75, 3.05) is 13.2 Å². The zero-order valence-electron chi connectivity index (χ0n) is 10.3. The van der Waals surface area contributed by atoms with Gasteiger partial charge in [-0.2, -0.15) is 0 Å². The van der Waals surface area contributed by atoms with E-state index in [1.165, 1.54) is 0 Å². The molecule has 96 valence electrons. The van der Waals surface area contributed by atoms with E-state index in [-0.39, 0.29) is 6.42 Å². The molecule has 0 fully saturated rings. The second-order valence-electron chi connectivity index (χ2n) is 4.04. The highest BCUT2D eigenvalue weighted by Gasteiger charge is 2.12. The molecule has 4 nitrogen and oxygen atoms in total. The summed E-state index contributed by atoms with van der Waals surface area (Å²) < 4.78 is 11.0. The summed E-state index contributed by atoms with van der Waals surface area (Å²) in [5.74, 6) is 0.658. The number of carboxylic acid groups (broad SMARTS) is 1. The van der Waals surface area contributed by atoms with Crippen LogP contribution in [0.1, 0.15) is 25.3 Å². The lowest BCUT2D eigenvalue weighted by atomic mass is 10.0. The van der Waals surface area contributed by atoms with Gasteiger partial charge in [-0.25, -0.2) is 0 Å². The van der Waals surface area contributed by atoms with Crippen LogP contribution < -0.4 is 9.47 Å². The second-order valence-corrected chi connectivity index (χ2v) is 4.04. The topological polar surface area (TPSA) is 55.8 Å². The van der Waals surface area contributed by atoms with Gasteiger partial charge in [-0.3, -0.25) is 4.79 Å². The van der Waals surface area contributed by atoms with Crippen molar-refractivity contribution in [1.82, 2.24) is 0 Å². The third kappa shape index (κ3) is 2.83. The van der Waals surface area contributed by atoms with E-state index in [4.69, 9.17) is 14.6 Å². The number of rotatable bonds is 4. The molecule has 1 aliphatic heterocycles. The Morgan fingerprint density at radius 3 is 2.72 bits per heavy atom. The molecule has 2 rings (SSSR count). The van der Waals surface area contributed by atoms with Crippen molar-refractivity contribution in [2.45, 2.75) is 19.8 Å². The number of hydrogen-bond donors (Lipinski definition) is 1. The Kier molecular flexibility index (Phi) is 3.87. The predicted molar refractivity (Wildman–Crippen MR) is 68.0 cm³/mol. The Hall–Kier alpha value is -1.97. The maximum Gasteiger partial charge on any atom is 0.307 e. The first-order valence-corrected chi connectivity index (χ1v) is 6.01. The maximum atomic E-state index is 10.6. The van der Waals surface area contributed by atoms with Crippen LogP contribution in [0, 0.1) is 0 Å². The van der Waals surface area contributed by atoms with Crippen molar-refractivity contribution in [1.29, 1.82) is 0 Å². The van der Waals surface area contributed by atoms with E-state index in [1.807, 2.05) is 25.1 Å². The summed E-state index contributed by atoms with van der Waals surface area (Å²) in [4.78, 5) is 10.6. The standard InChI is InChI=1S/C14H16O4/c1-2-10(4-6-14(15)16)11-3-5-12-13(9-11)18-8-7-17-12/h3-5,9H,2,6-8H2,1H3,(H,15,16)/b10-4+. The van der Waals surface area contributed by atoms with E-state index in [9.17, 15) is 4.79 Å². The minimum atomic E-state index is -0.821. The van der Waals surface area contributed by atoms with Crippen molar-refractivity contribution in [3.63, 3.8) is 0 Å². The van der Waals surface area contributed by atoms with Crippen LogP contribution in [0.4, 0.5) is 0 Å². The Bertz CT molecular complexity index is 477. The van der Waals surface area contributed by atoms with E-state index < -0.39 is 5.97 Å². The van der Waals surface area contributed by atoms with Gasteiger partial charge in [-0.1, -0.05) is 19.1 Å². The Balaban J connectivity index is 2.26. The lowest BCUT2D eigenvalue weighted by molar-refractivity contribution is -0.135. The van der Waals surface area contributed by atoms with Gasteiger partial charge in [0.05, 0.1) is 6.42 Å². The molecule has 0 aromatic heterocycles. The Morgan fingerprint density at radius 1 is 1.33 bits per heavy atom. The number of benzene rings is 1. The number of carbonyl (C=O) groups is 1. The van der Waals surface area contributed by atoms with E-state index in [0.717, 1.165) is 29.1 Å². The Morgan fingerprint density at radius 2 is 2.06 bits per heavy atom. The number of carboxylic acids is 1. The van der Waals surface area contributed by atoms with Gasteiger partial charge in [-0.15, -0.1) is 0 Å². The van der Waals surface area contributed by atoms with Crippen LogP contribution in [0.3, 0.4) is 0 Å². The normalized spacial score (nSPS) is 14.4. The molecule has 0 aliphatic carbocycles. The zero-order valence-corrected chi connectivity index (χ0v) is 10.3. The number of allylic oxidation sites excluding steroid dienone is 1. The molecular formula is C14H16O4. The third-order valence-corrected chi connectivity index (χ3v) is 2.82. The van der Waals surface area contributed by atoms with Crippen molar-refractivity contribution in [3.8, 4) is 11.5 Å². The summed E-state index contributed by atoms with van der Waals surface area (Å²) >= 11 is 0. The van der Waals surface area contributed by atoms with Gasteiger partial charge < -0.3 is 14.6 Å². The van der Waals surface area contributed by atoms with E-state index in [0.29, 0.717) is 13.2 Å². The van der Waals surface area contributed by atoms with Crippen molar-refractivity contribution < 1.29 is 19.4 Å². The fourth-order valence-corrected chi connectivity index (χ4v) is 1.92. The molecule has 0 unspecified atom stereocenters. The van der Waals surface area contributed by atoms with Crippen LogP contribution in [0.5, 0.6) is 11.5 Å². The van der Waals surface area contributed by atoms with E-state index in [1.54, 1.807) is 6.08 Å². The van der Waals surface area contributed by atoms with Crippen LogP contribution >= 0.6 is 0 Å². The maximum absolute atomic E-state index is 10.6. The predicted octanol–water partition coefficient (Wildman–Crippen LogP) is 2.73. The lowest BCUT2D eigenvalue weighted by Gasteiger charge is -2.19. The summed E-state index contributed by atoms with van der Waals surface area (Å²) in [5.41, 5.74) is 2.00. The fourth-order valence-electron chi connectivity index (χ4n) is 1.92. The van der Waals surface area contributed by atoms with Gasteiger partial charge in [0.15, 0.2) is 11.5 Å². The summed E-state index contributed by atoms with van der Waals surface area (Å²) in [7, 11) is 0. The molecule has 0 radical (unpaired) electrons. The van der Waals surface area contributed by atoms with Crippen molar-refractivity contribution in [3.05, 3.63) is 29.8 Å². The second kappa shape index (κ2) is 5.58. The van der Waals surface area contributed by atoms with Crippen molar-refractivity contribution >= 4 is 11.5 Å². The monoisotopic (exact) mass is 248 g/mol. The van der Waals surface area contributed by atoms with E-state index in [2.05, 4.69) is 0 Å². The zero-order chi connectivity index (χ0) is 13.0. The first-order valence-electron chi connectivity index (χ1n) is 6.01. The van der Waals surface area contributed by atoms with Gasteiger partial charge in [-0.05, 0) is 29.7 Å². The van der Waals surface area contributed by atoms with Gasteiger partial charge in [0, 0.05) is 0 Å². The highest BCUT2D eigenvalue weighted by atomic mass is 16.6. The van der Waals surface area contributed by atoms with Gasteiger partial charge in [0.25, 0.3) is 0 Å². The first-order chi connectivity index (χ1) is 8.70. The molecule has 0 amide bonds. The molecule has 1 aromatic rings. The van der Waals surface area contributed by atoms with Gasteiger partial charge in [0.1, 0.15) is 13.2 Å². The average molecular weight is 248 g/mol. The molecule has 1 aliphatic rings. The largest absolute Gasteiger partial charge is 0.486 e. The highest BCUT2D eigenvalue weighted by Crippen LogP contribution is 2.33. The summed E-state index contributed by atoms with van der Waals surface area (Å²) in [6, 6.07) is 5.71. The summed E-state index contributed by atoms with van der Waals surface area (Å²) in [6.45, 7) is 3.13. The van der Waals surface area contributed by atoms with Crippen LogP contribution in [0.2, 0.25) is 0 Å². The summed E-state index contributed by atoms with van der Waals surface area (Å²) in [5, 5.41) is 8.71. The summed E-state index contributed by atoms with van der Waals surface area (Å²) in [6.07, 6.45) is 2.57. The van der Waals surface area contributed by atoms with Crippen LogP contribution in [0.15, 0.2) is 24.3 Å². The molecule has 1 aromatic carbocycles. The number of fused-ring (bicyclic) bond motifs is 1. The number of aliphatic carboxylic acids is 1. The minimum Gasteiger partial charge on any atom is -0.486 e. The van der Waals surface area contributed by atoms with Crippen LogP contribution in [0.25, 0.3) is 5.57 Å². The van der Waals surface area contributed by atoms with Crippen LogP contribution in [-0.2, 0) is 4.79 Å². The molecule has 0 bridgehead atoms. The smallest absolute Gasteiger partial charge is 0.307 e. The SMILES string of the molecule is CC/C(=C\CC(=O)O)c1ccc2c(c1)OCCO2. The quantitative estimate of drug-likeness (QED) is 0.890. The molecule has 0 saturated heterocycles. The molecule has 0 atom stereocenters. The molecule has 18 heavy (non-hydrogen) atoms. The first kappa shape index (κ1) is 12.5. The van der Waals surface area contributed by atoms with Gasteiger partial charge >= 0.3 is 5.97 Å². The molecule has 0 spiro atoms. The lowest BCUT2D eigenvalue weighted by Crippen LogP contribution is -2.15. The fraction of sp³-hybridized carbons (Fsp3) is 0.357. The van der Waals surface area contributed by atoms with Crippen LogP contribution in [-0.4, -0.2) is 24.3 Å². The number of hydrogen-bond acceptors (Lipinski definition) is 3. The molecule has 1 N–H and O–H groups in total. The highest BCUT2D eigenvalue weighted by molar-refractivity contribution is 5.75. The third-order valence-electron chi connectivity index (χ3n) is 2.82. The average Bonchev–Trinajstić information content (AvgIpc) is 2.39. The molecule has 4 heteroatoms. The molecule has 0 saturated carbocycles. The Labute approximate surface area is 106 Å². The number of ether oxygens (including phenoxy) is 2. The molecule has 1 heterocycles. The van der Waals surface area contributed by atoms with Crippen molar-refractivity contribution in [2.24, 2.45) is 0 Å².